The van der Waals surface area contributed by atoms with Crippen LogP contribution >= 0.6 is 15.9 Å². The molecule has 0 unspecified atom stereocenters. The van der Waals surface area contributed by atoms with Crippen LogP contribution in [-0.4, -0.2) is 22.6 Å². The molecule has 0 aliphatic heterocycles. The van der Waals surface area contributed by atoms with E-state index in [1.165, 1.54) is 32.1 Å². The monoisotopic (exact) mass is 340 g/mol. The largest absolute Gasteiger partial charge is 0.369 e. The van der Waals surface area contributed by atoms with Crippen molar-refractivity contribution in [2.75, 3.05) is 17.2 Å². The molecule has 1 heterocycles. The lowest BCUT2D eigenvalue weighted by molar-refractivity contribution is 0.330. The molecule has 1 aliphatic carbocycles. The van der Waals surface area contributed by atoms with Gasteiger partial charge in [0.15, 0.2) is 0 Å². The third-order valence-electron chi connectivity index (χ3n) is 4.10. The van der Waals surface area contributed by atoms with E-state index in [2.05, 4.69) is 50.4 Å². The summed E-state index contributed by atoms with van der Waals surface area (Å²) < 4.78 is 0.950. The van der Waals surface area contributed by atoms with Crippen LogP contribution in [0.1, 0.15) is 52.4 Å². The predicted molar refractivity (Wildman–Crippen MR) is 88.2 cm³/mol. The van der Waals surface area contributed by atoms with Crippen molar-refractivity contribution in [3.8, 4) is 0 Å². The summed E-state index contributed by atoms with van der Waals surface area (Å²) in [6.07, 6.45) is 9.17. The number of aromatic nitrogens is 2. The first-order valence-corrected chi connectivity index (χ1v) is 8.54. The van der Waals surface area contributed by atoms with Crippen LogP contribution in [-0.2, 0) is 0 Å². The topological polar surface area (TPSA) is 49.8 Å². The molecule has 20 heavy (non-hydrogen) atoms. The van der Waals surface area contributed by atoms with Gasteiger partial charge >= 0.3 is 0 Å². The van der Waals surface area contributed by atoms with Gasteiger partial charge in [-0.05, 0) is 54.0 Å². The predicted octanol–water partition coefficient (Wildman–Crippen LogP) is 4.44. The average molecular weight is 341 g/mol. The summed E-state index contributed by atoms with van der Waals surface area (Å²) in [5, 5.41) is 6.89. The summed E-state index contributed by atoms with van der Waals surface area (Å²) in [4.78, 5) is 8.66. The van der Waals surface area contributed by atoms with Crippen molar-refractivity contribution in [2.45, 2.75) is 58.4 Å². The highest BCUT2D eigenvalue weighted by molar-refractivity contribution is 9.10. The van der Waals surface area contributed by atoms with Crippen LogP contribution in [0.25, 0.3) is 0 Å². The van der Waals surface area contributed by atoms with E-state index >= 15 is 0 Å². The minimum Gasteiger partial charge on any atom is -0.369 e. The van der Waals surface area contributed by atoms with E-state index in [9.17, 15) is 0 Å². The smallest absolute Gasteiger partial charge is 0.146 e. The summed E-state index contributed by atoms with van der Waals surface area (Å²) in [7, 11) is 0. The second-order valence-electron chi connectivity index (χ2n) is 5.58. The molecule has 0 saturated heterocycles. The maximum Gasteiger partial charge on any atom is 0.146 e. The van der Waals surface area contributed by atoms with Crippen molar-refractivity contribution in [2.24, 2.45) is 5.92 Å². The van der Waals surface area contributed by atoms with Gasteiger partial charge in [0.25, 0.3) is 0 Å². The number of anilines is 2. The number of rotatable bonds is 6. The van der Waals surface area contributed by atoms with Gasteiger partial charge in [-0.25, -0.2) is 9.97 Å². The van der Waals surface area contributed by atoms with Crippen molar-refractivity contribution < 1.29 is 0 Å². The fourth-order valence-corrected chi connectivity index (χ4v) is 3.20. The molecule has 1 aromatic heterocycles. The summed E-state index contributed by atoms with van der Waals surface area (Å²) in [5.41, 5.74) is 0. The fourth-order valence-electron chi connectivity index (χ4n) is 2.75. The zero-order valence-corrected chi connectivity index (χ0v) is 14.0. The number of halogens is 1. The molecule has 4 nitrogen and oxygen atoms in total. The second kappa shape index (κ2) is 7.81. The normalized spacial score (nSPS) is 22.6. The highest BCUT2D eigenvalue weighted by atomic mass is 79.9. The van der Waals surface area contributed by atoms with Gasteiger partial charge in [-0.3, -0.25) is 0 Å². The van der Waals surface area contributed by atoms with E-state index in [0.29, 0.717) is 6.04 Å². The van der Waals surface area contributed by atoms with Crippen LogP contribution in [0, 0.1) is 5.92 Å². The number of hydrogen-bond donors (Lipinski definition) is 2. The molecule has 5 heteroatoms. The lowest BCUT2D eigenvalue weighted by Crippen LogP contribution is -2.26. The lowest BCUT2D eigenvalue weighted by Gasteiger charge is -2.29. The van der Waals surface area contributed by atoms with Crippen LogP contribution < -0.4 is 10.6 Å². The minimum atomic E-state index is 0.544. The first-order chi connectivity index (χ1) is 9.74. The Morgan fingerprint density at radius 2 is 1.85 bits per heavy atom. The van der Waals surface area contributed by atoms with Crippen molar-refractivity contribution in [3.63, 3.8) is 0 Å². The first kappa shape index (κ1) is 15.5. The molecule has 0 spiro atoms. The molecule has 0 bridgehead atoms. The maximum absolute atomic E-state index is 4.37. The SMILES string of the molecule is CCCNc1ncnc(NC2CCC(CC)CC2)c1Br. The third-order valence-corrected chi connectivity index (χ3v) is 4.85. The van der Waals surface area contributed by atoms with Gasteiger partial charge in [-0.15, -0.1) is 0 Å². The van der Waals surface area contributed by atoms with Gasteiger partial charge in [0.1, 0.15) is 22.4 Å². The third kappa shape index (κ3) is 4.08. The van der Waals surface area contributed by atoms with Gasteiger partial charge in [0, 0.05) is 12.6 Å². The molecule has 112 valence electrons. The average Bonchev–Trinajstić information content (AvgIpc) is 2.49. The lowest BCUT2D eigenvalue weighted by atomic mass is 9.84. The van der Waals surface area contributed by atoms with Crippen LogP contribution in [0.4, 0.5) is 11.6 Å². The van der Waals surface area contributed by atoms with Crippen LogP contribution in [0.5, 0.6) is 0 Å². The molecule has 1 saturated carbocycles. The quantitative estimate of drug-likeness (QED) is 0.803. The van der Waals surface area contributed by atoms with Crippen LogP contribution in [0.3, 0.4) is 0 Å². The van der Waals surface area contributed by atoms with Gasteiger partial charge in [0.05, 0.1) is 0 Å². The van der Waals surface area contributed by atoms with Crippen LogP contribution in [0.2, 0.25) is 0 Å². The van der Waals surface area contributed by atoms with E-state index in [0.717, 1.165) is 35.0 Å². The maximum atomic E-state index is 4.37. The molecular weight excluding hydrogens is 316 g/mol. The minimum absolute atomic E-state index is 0.544. The molecule has 2 rings (SSSR count). The van der Waals surface area contributed by atoms with E-state index in [1.807, 2.05) is 0 Å². The Hall–Kier alpha value is -0.840. The molecule has 0 amide bonds. The molecule has 1 fully saturated rings. The zero-order chi connectivity index (χ0) is 14.4. The molecule has 0 aromatic carbocycles. The number of hydrogen-bond acceptors (Lipinski definition) is 4. The van der Waals surface area contributed by atoms with E-state index in [-0.39, 0.29) is 0 Å². The molecule has 2 N–H and O–H groups in total. The molecule has 0 radical (unpaired) electrons. The summed E-state index contributed by atoms with van der Waals surface area (Å²) in [6.45, 7) is 5.37. The molecule has 0 atom stereocenters. The van der Waals surface area contributed by atoms with Crippen molar-refractivity contribution in [1.29, 1.82) is 0 Å². The zero-order valence-electron chi connectivity index (χ0n) is 12.5. The Bertz CT molecular complexity index is 416. The summed E-state index contributed by atoms with van der Waals surface area (Å²) in [5.74, 6) is 2.72. The van der Waals surface area contributed by atoms with Gasteiger partial charge in [0.2, 0.25) is 0 Å². The Balaban J connectivity index is 1.95. The highest BCUT2D eigenvalue weighted by Crippen LogP contribution is 2.31. The molecular formula is C15H25BrN4. The Labute approximate surface area is 130 Å². The highest BCUT2D eigenvalue weighted by Gasteiger charge is 2.21. The van der Waals surface area contributed by atoms with E-state index < -0.39 is 0 Å². The number of nitrogens with one attached hydrogen (secondary N) is 2. The van der Waals surface area contributed by atoms with Crippen molar-refractivity contribution in [1.82, 2.24) is 9.97 Å². The molecule has 1 aromatic rings. The Kier molecular flexibility index (Phi) is 6.07. The Morgan fingerprint density at radius 3 is 2.50 bits per heavy atom. The first-order valence-electron chi connectivity index (χ1n) is 7.75. The second-order valence-corrected chi connectivity index (χ2v) is 6.37. The van der Waals surface area contributed by atoms with Crippen LogP contribution in [0.15, 0.2) is 10.8 Å². The van der Waals surface area contributed by atoms with Crippen molar-refractivity contribution in [3.05, 3.63) is 10.8 Å². The number of nitrogens with zero attached hydrogens (tertiary/aromatic N) is 2. The summed E-state index contributed by atoms with van der Waals surface area (Å²) >= 11 is 3.61. The molecule has 1 aliphatic rings. The fraction of sp³-hybridized carbons (Fsp3) is 0.733. The Morgan fingerprint density at radius 1 is 1.15 bits per heavy atom. The van der Waals surface area contributed by atoms with E-state index in [1.54, 1.807) is 6.33 Å². The van der Waals surface area contributed by atoms with Gasteiger partial charge in [-0.1, -0.05) is 20.3 Å². The van der Waals surface area contributed by atoms with Crippen molar-refractivity contribution >= 4 is 27.6 Å². The standard InChI is InChI=1S/C15H25BrN4/c1-3-9-17-14-13(16)15(19-10-18-14)20-12-7-5-11(4-2)6-8-12/h10-12H,3-9H2,1-2H3,(H2,17,18,19,20). The van der Waals surface area contributed by atoms with E-state index in [4.69, 9.17) is 0 Å². The van der Waals surface area contributed by atoms with Gasteiger partial charge in [-0.2, -0.15) is 0 Å². The van der Waals surface area contributed by atoms with Gasteiger partial charge < -0.3 is 10.6 Å². The summed E-state index contributed by atoms with van der Waals surface area (Å²) in [6, 6.07) is 0.544.